The first-order valence-electron chi connectivity index (χ1n) is 11.0. The van der Waals surface area contributed by atoms with Crippen LogP contribution in [-0.4, -0.2) is 54.8 Å². The summed E-state index contributed by atoms with van der Waals surface area (Å²) in [4.78, 5) is 21.4. The topological polar surface area (TPSA) is 54.4 Å². The van der Waals surface area contributed by atoms with Gasteiger partial charge in [0.2, 0.25) is 0 Å². The fourth-order valence-corrected chi connectivity index (χ4v) is 4.21. The Morgan fingerprint density at radius 3 is 2.38 bits per heavy atom. The summed E-state index contributed by atoms with van der Waals surface area (Å²) in [6.07, 6.45) is 0. The highest BCUT2D eigenvalue weighted by Gasteiger charge is 2.28. The van der Waals surface area contributed by atoms with E-state index >= 15 is 0 Å². The maximum atomic E-state index is 13.6. The van der Waals surface area contributed by atoms with E-state index in [-0.39, 0.29) is 5.56 Å². The third kappa shape index (κ3) is 4.19. The van der Waals surface area contributed by atoms with E-state index in [2.05, 4.69) is 4.90 Å². The lowest BCUT2D eigenvalue weighted by Gasteiger charge is -2.36. The Hall–Kier alpha value is -3.94. The van der Waals surface area contributed by atoms with E-state index in [0.717, 1.165) is 35.2 Å². The Morgan fingerprint density at radius 1 is 0.941 bits per heavy atom. The van der Waals surface area contributed by atoms with E-state index < -0.39 is 17.5 Å². The van der Waals surface area contributed by atoms with Crippen molar-refractivity contribution in [2.75, 3.05) is 33.3 Å². The quantitative estimate of drug-likeness (QED) is 0.541. The molecule has 3 aromatic carbocycles. The summed E-state index contributed by atoms with van der Waals surface area (Å²) < 4.78 is 38.8. The molecule has 6 nitrogen and oxygen atoms in total. The Morgan fingerprint density at radius 2 is 1.68 bits per heavy atom. The number of piperazine rings is 1. The molecule has 8 heteroatoms. The van der Waals surface area contributed by atoms with Gasteiger partial charge < -0.3 is 19.3 Å². The van der Waals surface area contributed by atoms with Gasteiger partial charge in [0.05, 0.1) is 12.7 Å². The predicted molar refractivity (Wildman–Crippen MR) is 124 cm³/mol. The highest BCUT2D eigenvalue weighted by atomic mass is 19.1. The van der Waals surface area contributed by atoms with Crippen LogP contribution >= 0.6 is 0 Å². The number of amides is 1. The fourth-order valence-electron chi connectivity index (χ4n) is 4.21. The second kappa shape index (κ2) is 8.78. The SMILES string of the molecule is COc1ccc2c(c1)C(N1CCN(C(=O)c3cc(F)cc(F)c3)CC1)=Nc1ccc(C)cc1O2. The molecule has 2 aliphatic rings. The van der Waals surface area contributed by atoms with Crippen molar-refractivity contribution in [3.63, 3.8) is 0 Å². The number of aryl methyl sites for hydroxylation is 1. The molecule has 0 bridgehead atoms. The van der Waals surface area contributed by atoms with Crippen molar-refractivity contribution < 1.29 is 23.0 Å². The molecule has 1 amide bonds. The Bertz CT molecular complexity index is 1280. The van der Waals surface area contributed by atoms with Gasteiger partial charge in [0.25, 0.3) is 5.91 Å². The normalized spacial score (nSPS) is 15.0. The fraction of sp³-hybridized carbons (Fsp3) is 0.231. The molecular weight excluding hydrogens is 440 g/mol. The van der Waals surface area contributed by atoms with Crippen LogP contribution in [0.3, 0.4) is 0 Å². The highest BCUT2D eigenvalue weighted by Crippen LogP contribution is 2.40. The lowest BCUT2D eigenvalue weighted by molar-refractivity contribution is 0.0691. The molecule has 0 atom stereocenters. The number of fused-ring (bicyclic) bond motifs is 2. The van der Waals surface area contributed by atoms with Crippen molar-refractivity contribution in [2.45, 2.75) is 6.92 Å². The average Bonchev–Trinajstić information content (AvgIpc) is 2.99. The van der Waals surface area contributed by atoms with Gasteiger partial charge in [0, 0.05) is 37.8 Å². The van der Waals surface area contributed by atoms with E-state index in [1.165, 1.54) is 0 Å². The first kappa shape index (κ1) is 21.9. The zero-order valence-electron chi connectivity index (χ0n) is 18.8. The van der Waals surface area contributed by atoms with Gasteiger partial charge in [-0.25, -0.2) is 13.8 Å². The lowest BCUT2D eigenvalue weighted by atomic mass is 10.1. The van der Waals surface area contributed by atoms with Gasteiger partial charge >= 0.3 is 0 Å². The van der Waals surface area contributed by atoms with E-state index in [1.807, 2.05) is 43.3 Å². The number of hydrogen-bond donors (Lipinski definition) is 0. The Kier molecular flexibility index (Phi) is 5.65. The van der Waals surface area contributed by atoms with Crippen LogP contribution in [0.25, 0.3) is 0 Å². The highest BCUT2D eigenvalue weighted by molar-refractivity contribution is 6.04. The number of halogens is 2. The van der Waals surface area contributed by atoms with E-state index in [1.54, 1.807) is 12.0 Å². The number of carbonyl (C=O) groups is 1. The number of amidine groups is 1. The maximum Gasteiger partial charge on any atom is 0.254 e. The van der Waals surface area contributed by atoms with E-state index in [4.69, 9.17) is 14.5 Å². The first-order valence-corrected chi connectivity index (χ1v) is 11.0. The summed E-state index contributed by atoms with van der Waals surface area (Å²) in [7, 11) is 1.61. The van der Waals surface area contributed by atoms with Crippen LogP contribution in [0.15, 0.2) is 59.6 Å². The first-order chi connectivity index (χ1) is 16.4. The summed E-state index contributed by atoms with van der Waals surface area (Å²) in [6, 6.07) is 14.3. The average molecular weight is 463 g/mol. The Balaban J connectivity index is 1.44. The number of ether oxygens (including phenoxy) is 2. The lowest BCUT2D eigenvalue weighted by Crippen LogP contribution is -2.50. The monoisotopic (exact) mass is 463 g/mol. The number of rotatable bonds is 2. The molecule has 0 aliphatic carbocycles. The molecule has 3 aromatic rings. The number of benzene rings is 3. The molecule has 0 N–H and O–H groups in total. The summed E-state index contributed by atoms with van der Waals surface area (Å²) in [6.45, 7) is 3.77. The predicted octanol–water partition coefficient (Wildman–Crippen LogP) is 4.92. The molecule has 0 spiro atoms. The van der Waals surface area contributed by atoms with Gasteiger partial charge in [-0.1, -0.05) is 6.07 Å². The third-order valence-corrected chi connectivity index (χ3v) is 5.97. The number of nitrogens with zero attached hydrogens (tertiary/aromatic N) is 3. The summed E-state index contributed by atoms with van der Waals surface area (Å²) in [5, 5.41) is 0. The molecule has 34 heavy (non-hydrogen) atoms. The third-order valence-electron chi connectivity index (χ3n) is 5.97. The van der Waals surface area contributed by atoms with Gasteiger partial charge in [-0.05, 0) is 55.0 Å². The zero-order valence-corrected chi connectivity index (χ0v) is 18.8. The van der Waals surface area contributed by atoms with Crippen molar-refractivity contribution in [1.82, 2.24) is 9.80 Å². The van der Waals surface area contributed by atoms with Crippen LogP contribution in [0.1, 0.15) is 21.5 Å². The van der Waals surface area contributed by atoms with Crippen molar-refractivity contribution >= 4 is 17.4 Å². The van der Waals surface area contributed by atoms with Crippen LogP contribution in [0, 0.1) is 18.6 Å². The number of methoxy groups -OCH3 is 1. The van der Waals surface area contributed by atoms with Gasteiger partial charge in [-0.15, -0.1) is 0 Å². The number of aliphatic imine (C=N–C) groups is 1. The standard InChI is InChI=1S/C26H23F2N3O3/c1-16-3-5-22-24(11-16)34-23-6-4-20(33-2)15-21(23)25(29-22)30-7-9-31(10-8-30)26(32)17-12-18(27)14-19(28)13-17/h3-6,11-15H,7-10H2,1-2H3. The second-order valence-corrected chi connectivity index (χ2v) is 8.31. The zero-order chi connectivity index (χ0) is 23.8. The van der Waals surface area contributed by atoms with Crippen LogP contribution in [0.5, 0.6) is 17.2 Å². The molecular formula is C26H23F2N3O3. The van der Waals surface area contributed by atoms with E-state index in [0.29, 0.717) is 49.1 Å². The molecule has 0 aromatic heterocycles. The van der Waals surface area contributed by atoms with Crippen LogP contribution in [-0.2, 0) is 0 Å². The summed E-state index contributed by atoms with van der Waals surface area (Å²) in [5.74, 6) is 0.802. The molecule has 0 radical (unpaired) electrons. The molecule has 0 saturated carbocycles. The largest absolute Gasteiger partial charge is 0.497 e. The summed E-state index contributed by atoms with van der Waals surface area (Å²) in [5.41, 5.74) is 2.57. The van der Waals surface area contributed by atoms with Gasteiger partial charge in [0.1, 0.15) is 34.7 Å². The van der Waals surface area contributed by atoms with Crippen LogP contribution in [0.4, 0.5) is 14.5 Å². The van der Waals surface area contributed by atoms with Crippen molar-refractivity contribution in [2.24, 2.45) is 4.99 Å². The van der Waals surface area contributed by atoms with Crippen molar-refractivity contribution in [1.29, 1.82) is 0 Å². The molecule has 1 fully saturated rings. The van der Waals surface area contributed by atoms with Gasteiger partial charge in [-0.2, -0.15) is 0 Å². The maximum absolute atomic E-state index is 13.6. The van der Waals surface area contributed by atoms with Gasteiger partial charge in [0.15, 0.2) is 5.75 Å². The van der Waals surface area contributed by atoms with Crippen molar-refractivity contribution in [3.05, 3.63) is 82.9 Å². The number of hydrogen-bond acceptors (Lipinski definition) is 5. The molecule has 174 valence electrons. The van der Waals surface area contributed by atoms with Crippen LogP contribution in [0.2, 0.25) is 0 Å². The molecule has 2 heterocycles. The minimum Gasteiger partial charge on any atom is -0.497 e. The molecule has 2 aliphatic heterocycles. The smallest absolute Gasteiger partial charge is 0.254 e. The van der Waals surface area contributed by atoms with Crippen molar-refractivity contribution in [3.8, 4) is 17.2 Å². The Labute approximate surface area is 196 Å². The molecule has 0 unspecified atom stereocenters. The molecule has 5 rings (SSSR count). The van der Waals surface area contributed by atoms with Crippen LogP contribution < -0.4 is 9.47 Å². The van der Waals surface area contributed by atoms with Gasteiger partial charge in [-0.3, -0.25) is 4.79 Å². The second-order valence-electron chi connectivity index (χ2n) is 8.31. The molecule has 1 saturated heterocycles. The number of carbonyl (C=O) groups excluding carboxylic acids is 1. The van der Waals surface area contributed by atoms with E-state index in [9.17, 15) is 13.6 Å². The minimum absolute atomic E-state index is 0.00513. The minimum atomic E-state index is -0.769. The summed E-state index contributed by atoms with van der Waals surface area (Å²) >= 11 is 0.